The topological polar surface area (TPSA) is 44.4 Å². The lowest BCUT2D eigenvalue weighted by Crippen LogP contribution is -2.33. The first-order valence-corrected chi connectivity index (χ1v) is 8.38. The third kappa shape index (κ3) is 4.72. The van der Waals surface area contributed by atoms with Crippen LogP contribution in [0.1, 0.15) is 18.9 Å². The first kappa shape index (κ1) is 15.2. The van der Waals surface area contributed by atoms with Crippen molar-refractivity contribution in [2.75, 3.05) is 36.5 Å². The third-order valence-electron chi connectivity index (χ3n) is 3.30. The van der Waals surface area contributed by atoms with Crippen LogP contribution in [0.15, 0.2) is 24.3 Å². The van der Waals surface area contributed by atoms with Crippen LogP contribution in [0.2, 0.25) is 0 Å². The van der Waals surface area contributed by atoms with Gasteiger partial charge in [-0.1, -0.05) is 25.1 Å². The molecule has 5 heteroatoms. The first-order chi connectivity index (χ1) is 9.79. The number of benzene rings is 1. The Morgan fingerprint density at radius 3 is 2.80 bits per heavy atom. The molecular formula is C15H23N3OS. The number of nitrogens with one attached hydrogen (secondary N) is 2. The number of nitrogens with zero attached hydrogens (tertiary/aromatic N) is 1. The number of para-hydroxylation sites is 1. The van der Waals surface area contributed by atoms with Crippen molar-refractivity contribution in [2.24, 2.45) is 0 Å². The number of rotatable bonds is 5. The average molecular weight is 293 g/mol. The number of carbonyl (C=O) groups excluding carboxylic acids is 1. The summed E-state index contributed by atoms with van der Waals surface area (Å²) in [5.74, 6) is 2.40. The molecule has 2 amide bonds. The van der Waals surface area contributed by atoms with Crippen LogP contribution in [-0.2, 0) is 6.54 Å². The van der Waals surface area contributed by atoms with E-state index in [0.29, 0.717) is 6.54 Å². The molecule has 20 heavy (non-hydrogen) atoms. The van der Waals surface area contributed by atoms with E-state index in [1.54, 1.807) is 0 Å². The smallest absolute Gasteiger partial charge is 0.319 e. The Balaban J connectivity index is 1.96. The standard InChI is InChI=1S/C15H23N3OS/c1-2-7-16-15(19)17-14-6-4-3-5-13(14)12-18-8-10-20-11-9-18/h3-6H,2,7-12H2,1H3,(H2,16,17,19). The summed E-state index contributed by atoms with van der Waals surface area (Å²) in [5.41, 5.74) is 2.10. The number of urea groups is 1. The number of hydrogen-bond acceptors (Lipinski definition) is 3. The predicted octanol–water partition coefficient (Wildman–Crippen LogP) is 2.77. The van der Waals surface area contributed by atoms with E-state index in [1.165, 1.54) is 17.1 Å². The van der Waals surface area contributed by atoms with Crippen LogP contribution < -0.4 is 10.6 Å². The summed E-state index contributed by atoms with van der Waals surface area (Å²) in [6.45, 7) is 5.91. The Kier molecular flexibility index (Phi) is 6.21. The zero-order chi connectivity index (χ0) is 14.2. The molecule has 4 nitrogen and oxygen atoms in total. The summed E-state index contributed by atoms with van der Waals surface area (Å²) in [4.78, 5) is 14.2. The van der Waals surface area contributed by atoms with Gasteiger partial charge in [0.15, 0.2) is 0 Å². The molecule has 0 atom stereocenters. The minimum Gasteiger partial charge on any atom is -0.338 e. The molecule has 1 aliphatic rings. The molecule has 2 N–H and O–H groups in total. The second-order valence-electron chi connectivity index (χ2n) is 4.93. The molecule has 1 saturated heterocycles. The molecular weight excluding hydrogens is 270 g/mol. The molecule has 1 heterocycles. The van der Waals surface area contributed by atoms with Gasteiger partial charge in [-0.15, -0.1) is 0 Å². The summed E-state index contributed by atoms with van der Waals surface area (Å²) in [6, 6.07) is 7.94. The van der Waals surface area contributed by atoms with Gasteiger partial charge in [-0.25, -0.2) is 4.79 Å². The SMILES string of the molecule is CCCNC(=O)Nc1ccccc1CN1CCSCC1. The Labute approximate surface area is 125 Å². The number of amides is 2. The Bertz CT molecular complexity index is 433. The molecule has 110 valence electrons. The summed E-state index contributed by atoms with van der Waals surface area (Å²) >= 11 is 2.01. The van der Waals surface area contributed by atoms with Crippen LogP contribution in [0.5, 0.6) is 0 Å². The van der Waals surface area contributed by atoms with Crippen molar-refractivity contribution in [3.8, 4) is 0 Å². The molecule has 1 aromatic carbocycles. The molecule has 1 fully saturated rings. The highest BCUT2D eigenvalue weighted by molar-refractivity contribution is 7.99. The van der Waals surface area contributed by atoms with Crippen LogP contribution >= 0.6 is 11.8 Å². The number of thioether (sulfide) groups is 1. The monoisotopic (exact) mass is 293 g/mol. The molecule has 1 aliphatic heterocycles. The van der Waals surface area contributed by atoms with Gasteiger partial charge >= 0.3 is 6.03 Å². The minimum absolute atomic E-state index is 0.117. The molecule has 0 aromatic heterocycles. The molecule has 0 radical (unpaired) electrons. The second-order valence-corrected chi connectivity index (χ2v) is 6.15. The van der Waals surface area contributed by atoms with Crippen LogP contribution in [0.3, 0.4) is 0 Å². The number of hydrogen-bond donors (Lipinski definition) is 2. The zero-order valence-electron chi connectivity index (χ0n) is 12.0. The number of carbonyl (C=O) groups is 1. The maximum absolute atomic E-state index is 11.8. The molecule has 1 aromatic rings. The van der Waals surface area contributed by atoms with Gasteiger partial charge < -0.3 is 10.6 Å². The van der Waals surface area contributed by atoms with Gasteiger partial charge in [0.1, 0.15) is 0 Å². The molecule has 0 spiro atoms. The summed E-state index contributed by atoms with van der Waals surface area (Å²) in [7, 11) is 0. The van der Waals surface area contributed by atoms with Gasteiger partial charge in [-0.2, -0.15) is 11.8 Å². The normalized spacial score (nSPS) is 15.8. The van der Waals surface area contributed by atoms with Crippen molar-refractivity contribution in [1.29, 1.82) is 0 Å². The lowest BCUT2D eigenvalue weighted by atomic mass is 10.1. The zero-order valence-corrected chi connectivity index (χ0v) is 12.8. The highest BCUT2D eigenvalue weighted by Crippen LogP contribution is 2.19. The molecule has 0 saturated carbocycles. The maximum atomic E-state index is 11.8. The van der Waals surface area contributed by atoms with E-state index in [9.17, 15) is 4.79 Å². The Morgan fingerprint density at radius 2 is 2.05 bits per heavy atom. The molecule has 0 unspecified atom stereocenters. The van der Waals surface area contributed by atoms with Gasteiger partial charge in [-0.3, -0.25) is 4.90 Å². The van der Waals surface area contributed by atoms with E-state index in [-0.39, 0.29) is 6.03 Å². The summed E-state index contributed by atoms with van der Waals surface area (Å²) in [5, 5.41) is 5.80. The van der Waals surface area contributed by atoms with Crippen molar-refractivity contribution >= 4 is 23.5 Å². The Morgan fingerprint density at radius 1 is 1.30 bits per heavy atom. The van der Waals surface area contributed by atoms with Gasteiger partial charge in [-0.05, 0) is 18.1 Å². The third-order valence-corrected chi connectivity index (χ3v) is 4.24. The van der Waals surface area contributed by atoms with Crippen LogP contribution in [0.25, 0.3) is 0 Å². The average Bonchev–Trinajstić information content (AvgIpc) is 2.48. The van der Waals surface area contributed by atoms with E-state index >= 15 is 0 Å². The van der Waals surface area contributed by atoms with E-state index < -0.39 is 0 Å². The lowest BCUT2D eigenvalue weighted by Gasteiger charge is -2.27. The highest BCUT2D eigenvalue weighted by atomic mass is 32.2. The van der Waals surface area contributed by atoms with Crippen LogP contribution in [-0.4, -0.2) is 42.1 Å². The largest absolute Gasteiger partial charge is 0.338 e. The fraction of sp³-hybridized carbons (Fsp3) is 0.533. The van der Waals surface area contributed by atoms with Gasteiger partial charge in [0.25, 0.3) is 0 Å². The lowest BCUT2D eigenvalue weighted by molar-refractivity contribution is 0.252. The van der Waals surface area contributed by atoms with Crippen molar-refractivity contribution in [2.45, 2.75) is 19.9 Å². The van der Waals surface area contributed by atoms with E-state index in [2.05, 4.69) is 21.6 Å². The van der Waals surface area contributed by atoms with Crippen LogP contribution in [0.4, 0.5) is 10.5 Å². The van der Waals surface area contributed by atoms with Crippen molar-refractivity contribution in [1.82, 2.24) is 10.2 Å². The van der Waals surface area contributed by atoms with Crippen molar-refractivity contribution < 1.29 is 4.79 Å². The summed E-state index contributed by atoms with van der Waals surface area (Å²) < 4.78 is 0. The van der Waals surface area contributed by atoms with Gasteiger partial charge in [0.05, 0.1) is 0 Å². The van der Waals surface area contributed by atoms with Crippen LogP contribution in [0, 0.1) is 0 Å². The fourth-order valence-electron chi connectivity index (χ4n) is 2.19. The molecule has 0 bridgehead atoms. The fourth-order valence-corrected chi connectivity index (χ4v) is 3.16. The maximum Gasteiger partial charge on any atom is 0.319 e. The Hall–Kier alpha value is -1.20. The molecule has 2 rings (SSSR count). The highest BCUT2D eigenvalue weighted by Gasteiger charge is 2.13. The quantitative estimate of drug-likeness (QED) is 0.877. The minimum atomic E-state index is -0.117. The first-order valence-electron chi connectivity index (χ1n) is 7.22. The van der Waals surface area contributed by atoms with Crippen molar-refractivity contribution in [3.63, 3.8) is 0 Å². The van der Waals surface area contributed by atoms with Crippen molar-refractivity contribution in [3.05, 3.63) is 29.8 Å². The molecule has 0 aliphatic carbocycles. The number of anilines is 1. The van der Waals surface area contributed by atoms with Gasteiger partial charge in [0.2, 0.25) is 0 Å². The van der Waals surface area contributed by atoms with E-state index in [1.807, 2.05) is 36.9 Å². The summed E-state index contributed by atoms with van der Waals surface area (Å²) in [6.07, 6.45) is 0.945. The van der Waals surface area contributed by atoms with E-state index in [4.69, 9.17) is 0 Å². The van der Waals surface area contributed by atoms with E-state index in [0.717, 1.165) is 31.7 Å². The second kappa shape index (κ2) is 8.17. The van der Waals surface area contributed by atoms with Gasteiger partial charge in [0, 0.05) is 43.4 Å². The predicted molar refractivity (Wildman–Crippen MR) is 86.4 cm³/mol.